The van der Waals surface area contributed by atoms with E-state index in [4.69, 9.17) is 14.5 Å². The Morgan fingerprint density at radius 1 is 1.35 bits per heavy atom. The molecule has 2 fully saturated rings. The van der Waals surface area contributed by atoms with Crippen molar-refractivity contribution in [1.82, 2.24) is 10.2 Å². The molecule has 1 aromatic carbocycles. The molecule has 1 aromatic rings. The SMILES string of the molecule is CCNC(=NCc1ccc(OCC)c(C)c1)N1CCC2(CCOC2)C1.I. The minimum atomic E-state index is 0. The lowest BCUT2D eigenvalue weighted by atomic mass is 9.87. The summed E-state index contributed by atoms with van der Waals surface area (Å²) in [5, 5.41) is 3.46. The fraction of sp³-hybridized carbons (Fsp3) is 0.650. The summed E-state index contributed by atoms with van der Waals surface area (Å²) in [5.74, 6) is 1.99. The molecule has 2 heterocycles. The van der Waals surface area contributed by atoms with E-state index >= 15 is 0 Å². The maximum absolute atomic E-state index is 5.64. The fourth-order valence-corrected chi connectivity index (χ4v) is 3.81. The molecular formula is C20H32IN3O2. The number of nitrogens with zero attached hydrogens (tertiary/aromatic N) is 2. The van der Waals surface area contributed by atoms with Crippen LogP contribution >= 0.6 is 24.0 Å². The Balaban J connectivity index is 0.00000243. The van der Waals surface area contributed by atoms with Crippen LogP contribution < -0.4 is 10.1 Å². The largest absolute Gasteiger partial charge is 0.494 e. The predicted octanol–water partition coefficient (Wildman–Crippen LogP) is 3.59. The second-order valence-electron chi connectivity index (χ2n) is 7.18. The molecule has 1 N–H and O–H groups in total. The maximum atomic E-state index is 5.64. The molecule has 2 aliphatic rings. The van der Waals surface area contributed by atoms with E-state index in [-0.39, 0.29) is 24.0 Å². The number of halogens is 1. The first kappa shape index (κ1) is 21.3. The lowest BCUT2D eigenvalue weighted by Crippen LogP contribution is -2.41. The van der Waals surface area contributed by atoms with Gasteiger partial charge in [-0.15, -0.1) is 24.0 Å². The average Bonchev–Trinajstić information content (AvgIpc) is 3.24. The standard InChI is InChI=1S/C20H31N3O2.HI/c1-4-21-19(23-10-8-20(14-23)9-11-24-15-20)22-13-17-6-7-18(25-5-2)16(3)12-17;/h6-7,12H,4-5,8-11,13-15H2,1-3H3,(H,21,22);1H. The summed E-state index contributed by atoms with van der Waals surface area (Å²) in [6.07, 6.45) is 2.39. The number of rotatable bonds is 5. The quantitative estimate of drug-likeness (QED) is 0.404. The molecule has 146 valence electrons. The minimum Gasteiger partial charge on any atom is -0.494 e. The Kier molecular flexibility index (Phi) is 8.01. The van der Waals surface area contributed by atoms with Crippen molar-refractivity contribution in [3.63, 3.8) is 0 Å². The van der Waals surface area contributed by atoms with Crippen molar-refractivity contribution in [2.75, 3.05) is 39.5 Å². The van der Waals surface area contributed by atoms with E-state index in [2.05, 4.69) is 42.3 Å². The van der Waals surface area contributed by atoms with Crippen LogP contribution in [0.1, 0.15) is 37.8 Å². The molecule has 0 aromatic heterocycles. The van der Waals surface area contributed by atoms with Crippen molar-refractivity contribution in [1.29, 1.82) is 0 Å². The molecule has 0 bridgehead atoms. The van der Waals surface area contributed by atoms with Gasteiger partial charge in [0.1, 0.15) is 5.75 Å². The van der Waals surface area contributed by atoms with Crippen LogP contribution in [0.4, 0.5) is 0 Å². The van der Waals surface area contributed by atoms with Gasteiger partial charge in [0.15, 0.2) is 5.96 Å². The molecule has 0 radical (unpaired) electrons. The highest BCUT2D eigenvalue weighted by Gasteiger charge is 2.42. The fourth-order valence-electron chi connectivity index (χ4n) is 3.81. The molecule has 0 aliphatic carbocycles. The zero-order valence-electron chi connectivity index (χ0n) is 16.2. The Hall–Kier alpha value is -1.02. The normalized spacial score (nSPS) is 22.6. The molecular weight excluding hydrogens is 441 g/mol. The van der Waals surface area contributed by atoms with Crippen LogP contribution in [-0.2, 0) is 11.3 Å². The Labute approximate surface area is 174 Å². The highest BCUT2D eigenvalue weighted by Crippen LogP contribution is 2.38. The van der Waals surface area contributed by atoms with Gasteiger partial charge < -0.3 is 19.7 Å². The molecule has 26 heavy (non-hydrogen) atoms. The number of guanidine groups is 1. The van der Waals surface area contributed by atoms with Crippen molar-refractivity contribution in [3.8, 4) is 5.75 Å². The zero-order valence-corrected chi connectivity index (χ0v) is 18.5. The van der Waals surface area contributed by atoms with Crippen molar-refractivity contribution in [3.05, 3.63) is 29.3 Å². The van der Waals surface area contributed by atoms with E-state index in [9.17, 15) is 0 Å². The van der Waals surface area contributed by atoms with Crippen molar-refractivity contribution in [2.45, 2.75) is 40.2 Å². The number of nitrogens with one attached hydrogen (secondary N) is 1. The van der Waals surface area contributed by atoms with Gasteiger partial charge in [-0.05, 0) is 50.8 Å². The van der Waals surface area contributed by atoms with Gasteiger partial charge in [0.25, 0.3) is 0 Å². The van der Waals surface area contributed by atoms with E-state index < -0.39 is 0 Å². The molecule has 0 saturated carbocycles. The monoisotopic (exact) mass is 473 g/mol. The smallest absolute Gasteiger partial charge is 0.194 e. The molecule has 1 unspecified atom stereocenters. The van der Waals surface area contributed by atoms with Crippen LogP contribution in [0.3, 0.4) is 0 Å². The first-order valence-corrected chi connectivity index (χ1v) is 9.49. The minimum absolute atomic E-state index is 0. The van der Waals surface area contributed by atoms with Crippen LogP contribution in [-0.4, -0.2) is 50.3 Å². The van der Waals surface area contributed by atoms with Crippen molar-refractivity contribution < 1.29 is 9.47 Å². The number of aliphatic imine (C=N–C) groups is 1. The average molecular weight is 473 g/mol. The lowest BCUT2D eigenvalue weighted by Gasteiger charge is -2.25. The molecule has 3 rings (SSSR count). The van der Waals surface area contributed by atoms with E-state index in [0.717, 1.165) is 44.6 Å². The van der Waals surface area contributed by atoms with Gasteiger partial charge in [0, 0.05) is 31.7 Å². The first-order chi connectivity index (χ1) is 12.2. The lowest BCUT2D eigenvalue weighted by molar-refractivity contribution is 0.156. The summed E-state index contributed by atoms with van der Waals surface area (Å²) in [7, 11) is 0. The Bertz CT molecular complexity index is 615. The summed E-state index contributed by atoms with van der Waals surface area (Å²) in [5.41, 5.74) is 2.74. The Morgan fingerprint density at radius 2 is 2.19 bits per heavy atom. The molecule has 2 saturated heterocycles. The van der Waals surface area contributed by atoms with Crippen LogP contribution in [0.25, 0.3) is 0 Å². The van der Waals surface area contributed by atoms with Gasteiger partial charge in [0.05, 0.1) is 19.8 Å². The number of benzene rings is 1. The second kappa shape index (κ2) is 9.78. The summed E-state index contributed by atoms with van der Waals surface area (Å²) < 4.78 is 11.3. The molecule has 1 atom stereocenters. The molecule has 5 nitrogen and oxygen atoms in total. The highest BCUT2D eigenvalue weighted by molar-refractivity contribution is 14.0. The van der Waals surface area contributed by atoms with E-state index in [1.165, 1.54) is 24.0 Å². The maximum Gasteiger partial charge on any atom is 0.194 e. The topological polar surface area (TPSA) is 46.1 Å². The van der Waals surface area contributed by atoms with Crippen LogP contribution in [0, 0.1) is 12.3 Å². The number of ether oxygens (including phenoxy) is 2. The van der Waals surface area contributed by atoms with Crippen LogP contribution in [0.15, 0.2) is 23.2 Å². The molecule has 6 heteroatoms. The van der Waals surface area contributed by atoms with E-state index in [0.29, 0.717) is 18.6 Å². The van der Waals surface area contributed by atoms with Gasteiger partial charge in [-0.2, -0.15) is 0 Å². The number of hydrogen-bond acceptors (Lipinski definition) is 3. The zero-order chi connectivity index (χ0) is 17.7. The third-order valence-corrected chi connectivity index (χ3v) is 5.21. The summed E-state index contributed by atoms with van der Waals surface area (Å²) >= 11 is 0. The van der Waals surface area contributed by atoms with E-state index in [1.807, 2.05) is 6.92 Å². The predicted molar refractivity (Wildman–Crippen MR) is 117 cm³/mol. The van der Waals surface area contributed by atoms with Gasteiger partial charge in [-0.25, -0.2) is 4.99 Å². The van der Waals surface area contributed by atoms with Crippen LogP contribution in [0.2, 0.25) is 0 Å². The Morgan fingerprint density at radius 3 is 2.85 bits per heavy atom. The third-order valence-electron chi connectivity index (χ3n) is 5.21. The second-order valence-corrected chi connectivity index (χ2v) is 7.18. The summed E-state index contributed by atoms with van der Waals surface area (Å²) in [6.45, 7) is 12.4. The van der Waals surface area contributed by atoms with Crippen molar-refractivity contribution in [2.24, 2.45) is 10.4 Å². The molecule has 1 spiro atoms. The molecule has 2 aliphatic heterocycles. The molecule has 0 amide bonds. The number of aryl methyl sites for hydroxylation is 1. The number of hydrogen-bond donors (Lipinski definition) is 1. The van der Waals surface area contributed by atoms with Gasteiger partial charge >= 0.3 is 0 Å². The summed E-state index contributed by atoms with van der Waals surface area (Å²) in [4.78, 5) is 7.29. The summed E-state index contributed by atoms with van der Waals surface area (Å²) in [6, 6.07) is 6.34. The third kappa shape index (κ3) is 5.03. The van der Waals surface area contributed by atoms with Gasteiger partial charge in [-0.1, -0.05) is 12.1 Å². The number of likely N-dealkylation sites (tertiary alicyclic amines) is 1. The van der Waals surface area contributed by atoms with Gasteiger partial charge in [0.2, 0.25) is 0 Å². The van der Waals surface area contributed by atoms with Crippen LogP contribution in [0.5, 0.6) is 5.75 Å². The first-order valence-electron chi connectivity index (χ1n) is 9.49. The van der Waals surface area contributed by atoms with E-state index in [1.54, 1.807) is 0 Å². The van der Waals surface area contributed by atoms with Crippen molar-refractivity contribution >= 4 is 29.9 Å². The highest BCUT2D eigenvalue weighted by atomic mass is 127. The van der Waals surface area contributed by atoms with Gasteiger partial charge in [-0.3, -0.25) is 0 Å².